The Morgan fingerprint density at radius 3 is 2.48 bits per heavy atom. The van der Waals surface area contributed by atoms with Crippen molar-refractivity contribution in [3.63, 3.8) is 0 Å². The Bertz CT molecular complexity index is 739. The molecule has 1 fully saturated rings. The van der Waals surface area contributed by atoms with Crippen LogP contribution in [0.15, 0.2) is 48.5 Å². The minimum atomic E-state index is -0.535. The highest BCUT2D eigenvalue weighted by Gasteiger charge is 2.15. The van der Waals surface area contributed by atoms with Crippen LogP contribution in [-0.2, 0) is 22.6 Å². The number of ether oxygens (including phenoxy) is 2. The van der Waals surface area contributed by atoms with Gasteiger partial charge in [-0.25, -0.2) is 0 Å². The lowest BCUT2D eigenvalue weighted by molar-refractivity contribution is -0.127. The molecule has 1 amide bonds. The molecule has 1 saturated heterocycles. The van der Waals surface area contributed by atoms with E-state index in [0.717, 1.165) is 49.7 Å². The molecule has 0 saturated carbocycles. The van der Waals surface area contributed by atoms with Crippen LogP contribution in [0.25, 0.3) is 0 Å². The van der Waals surface area contributed by atoms with Gasteiger partial charge in [0.2, 0.25) is 0 Å². The summed E-state index contributed by atoms with van der Waals surface area (Å²) in [6.45, 7) is 8.77. The quantitative estimate of drug-likeness (QED) is 0.816. The maximum absolute atomic E-state index is 12.3. The summed E-state index contributed by atoms with van der Waals surface area (Å²) in [5.41, 5.74) is 3.38. The molecule has 3 rings (SSSR count). The number of amides is 1. The van der Waals surface area contributed by atoms with Crippen LogP contribution in [0.3, 0.4) is 0 Å². The number of hydrogen-bond donors (Lipinski definition) is 1. The third-order valence-corrected chi connectivity index (χ3v) is 4.77. The molecule has 5 heteroatoms. The predicted octanol–water partition coefficient (Wildman–Crippen LogP) is 2.91. The van der Waals surface area contributed by atoms with Gasteiger partial charge in [-0.05, 0) is 36.6 Å². The van der Waals surface area contributed by atoms with E-state index in [0.29, 0.717) is 6.54 Å². The molecule has 2 aromatic carbocycles. The van der Waals surface area contributed by atoms with E-state index in [1.165, 1.54) is 5.56 Å². The second-order valence-corrected chi connectivity index (χ2v) is 6.95. The molecule has 144 valence electrons. The molecule has 0 aromatic heterocycles. The van der Waals surface area contributed by atoms with E-state index in [2.05, 4.69) is 34.5 Å². The fourth-order valence-corrected chi connectivity index (χ4v) is 3.05. The zero-order valence-corrected chi connectivity index (χ0v) is 16.1. The summed E-state index contributed by atoms with van der Waals surface area (Å²) in [5.74, 6) is 0.628. The van der Waals surface area contributed by atoms with Crippen molar-refractivity contribution in [2.45, 2.75) is 33.0 Å². The first-order valence-corrected chi connectivity index (χ1v) is 9.50. The summed E-state index contributed by atoms with van der Waals surface area (Å²) in [4.78, 5) is 14.7. The highest BCUT2D eigenvalue weighted by atomic mass is 16.5. The Balaban J connectivity index is 1.46. The average Bonchev–Trinajstić information content (AvgIpc) is 2.69. The third-order valence-electron chi connectivity index (χ3n) is 4.77. The third kappa shape index (κ3) is 5.81. The molecule has 0 radical (unpaired) electrons. The molecule has 0 unspecified atom stereocenters. The summed E-state index contributed by atoms with van der Waals surface area (Å²) >= 11 is 0. The maximum Gasteiger partial charge on any atom is 0.261 e. The number of hydrogen-bond acceptors (Lipinski definition) is 4. The highest BCUT2D eigenvalue weighted by Crippen LogP contribution is 2.18. The number of rotatable bonds is 7. The van der Waals surface area contributed by atoms with Gasteiger partial charge in [-0.3, -0.25) is 9.69 Å². The smallest absolute Gasteiger partial charge is 0.261 e. The van der Waals surface area contributed by atoms with Crippen molar-refractivity contribution < 1.29 is 14.3 Å². The Hall–Kier alpha value is -2.37. The zero-order valence-electron chi connectivity index (χ0n) is 16.1. The van der Waals surface area contributed by atoms with Crippen molar-refractivity contribution in [3.8, 4) is 5.75 Å². The molecule has 1 atom stereocenters. The van der Waals surface area contributed by atoms with Crippen molar-refractivity contribution in [3.05, 3.63) is 65.2 Å². The molecule has 2 aromatic rings. The van der Waals surface area contributed by atoms with Gasteiger partial charge in [0.25, 0.3) is 5.91 Å². The molecule has 1 heterocycles. The number of morpholine rings is 1. The first-order chi connectivity index (χ1) is 13.1. The lowest BCUT2D eigenvalue weighted by atomic mass is 10.1. The van der Waals surface area contributed by atoms with E-state index in [1.54, 1.807) is 6.92 Å². The normalized spacial score (nSPS) is 15.9. The lowest BCUT2D eigenvalue weighted by Gasteiger charge is -2.26. The van der Waals surface area contributed by atoms with Crippen molar-refractivity contribution in [2.75, 3.05) is 26.3 Å². The molecular formula is C22H28N2O3. The molecule has 27 heavy (non-hydrogen) atoms. The standard InChI is InChI=1S/C22H28N2O3/c1-17-5-3-4-6-21(17)27-18(2)22(25)23-15-19-7-9-20(10-8-19)16-24-11-13-26-14-12-24/h3-10,18H,11-16H2,1-2H3,(H,23,25)/t18-/m1/s1. The van der Waals surface area contributed by atoms with Gasteiger partial charge in [-0.15, -0.1) is 0 Å². The predicted molar refractivity (Wildman–Crippen MR) is 106 cm³/mol. The van der Waals surface area contributed by atoms with Crippen LogP contribution in [0, 0.1) is 6.92 Å². The van der Waals surface area contributed by atoms with Gasteiger partial charge < -0.3 is 14.8 Å². The molecular weight excluding hydrogens is 340 g/mol. The average molecular weight is 368 g/mol. The second-order valence-electron chi connectivity index (χ2n) is 6.95. The van der Waals surface area contributed by atoms with Gasteiger partial charge in [0.1, 0.15) is 5.75 Å². The van der Waals surface area contributed by atoms with Crippen LogP contribution < -0.4 is 10.1 Å². The molecule has 0 bridgehead atoms. The summed E-state index contributed by atoms with van der Waals surface area (Å²) in [5, 5.41) is 2.95. The lowest BCUT2D eigenvalue weighted by Crippen LogP contribution is -2.36. The molecule has 0 spiro atoms. The SMILES string of the molecule is Cc1ccccc1O[C@H](C)C(=O)NCc1ccc(CN2CCOCC2)cc1. The Morgan fingerprint density at radius 2 is 1.78 bits per heavy atom. The van der Waals surface area contributed by atoms with Crippen LogP contribution in [0.4, 0.5) is 0 Å². The Kier molecular flexibility index (Phi) is 6.85. The Labute approximate surface area is 161 Å². The van der Waals surface area contributed by atoms with E-state index in [4.69, 9.17) is 9.47 Å². The topological polar surface area (TPSA) is 50.8 Å². The van der Waals surface area contributed by atoms with Crippen molar-refractivity contribution in [2.24, 2.45) is 0 Å². The highest BCUT2D eigenvalue weighted by molar-refractivity contribution is 5.80. The molecule has 1 aliphatic heterocycles. The van der Waals surface area contributed by atoms with Crippen LogP contribution >= 0.6 is 0 Å². The number of nitrogens with zero attached hydrogens (tertiary/aromatic N) is 1. The van der Waals surface area contributed by atoms with Crippen molar-refractivity contribution in [1.82, 2.24) is 10.2 Å². The minimum absolute atomic E-state index is 0.115. The number of benzene rings is 2. The molecule has 1 N–H and O–H groups in total. The van der Waals surface area contributed by atoms with E-state index < -0.39 is 6.10 Å². The van der Waals surface area contributed by atoms with Gasteiger partial charge in [-0.2, -0.15) is 0 Å². The van der Waals surface area contributed by atoms with Crippen molar-refractivity contribution in [1.29, 1.82) is 0 Å². The minimum Gasteiger partial charge on any atom is -0.481 e. The molecule has 1 aliphatic rings. The first-order valence-electron chi connectivity index (χ1n) is 9.50. The maximum atomic E-state index is 12.3. The van der Waals surface area contributed by atoms with E-state index in [9.17, 15) is 4.79 Å². The van der Waals surface area contributed by atoms with Gasteiger partial charge in [0.15, 0.2) is 6.10 Å². The molecule has 5 nitrogen and oxygen atoms in total. The summed E-state index contributed by atoms with van der Waals surface area (Å²) in [6, 6.07) is 16.1. The summed E-state index contributed by atoms with van der Waals surface area (Å²) in [7, 11) is 0. The van der Waals surface area contributed by atoms with E-state index in [1.807, 2.05) is 31.2 Å². The number of carbonyl (C=O) groups is 1. The zero-order chi connectivity index (χ0) is 19.1. The van der Waals surface area contributed by atoms with Gasteiger partial charge in [0.05, 0.1) is 13.2 Å². The number of nitrogens with one attached hydrogen (secondary N) is 1. The number of aryl methyl sites for hydroxylation is 1. The summed E-state index contributed by atoms with van der Waals surface area (Å²) < 4.78 is 11.2. The number of para-hydroxylation sites is 1. The number of carbonyl (C=O) groups excluding carboxylic acids is 1. The van der Waals surface area contributed by atoms with Gasteiger partial charge in [0, 0.05) is 26.2 Å². The van der Waals surface area contributed by atoms with Gasteiger partial charge >= 0.3 is 0 Å². The van der Waals surface area contributed by atoms with Crippen LogP contribution in [0.5, 0.6) is 5.75 Å². The first kappa shape index (κ1) is 19.4. The van der Waals surface area contributed by atoms with Crippen LogP contribution in [-0.4, -0.2) is 43.2 Å². The van der Waals surface area contributed by atoms with E-state index in [-0.39, 0.29) is 5.91 Å². The second kappa shape index (κ2) is 9.53. The fourth-order valence-electron chi connectivity index (χ4n) is 3.05. The van der Waals surface area contributed by atoms with E-state index >= 15 is 0 Å². The van der Waals surface area contributed by atoms with Crippen LogP contribution in [0.2, 0.25) is 0 Å². The van der Waals surface area contributed by atoms with Crippen LogP contribution in [0.1, 0.15) is 23.6 Å². The fraction of sp³-hybridized carbons (Fsp3) is 0.409. The van der Waals surface area contributed by atoms with Gasteiger partial charge in [-0.1, -0.05) is 42.5 Å². The summed E-state index contributed by atoms with van der Waals surface area (Å²) in [6.07, 6.45) is -0.535. The molecule has 0 aliphatic carbocycles. The largest absolute Gasteiger partial charge is 0.481 e. The monoisotopic (exact) mass is 368 g/mol. The Morgan fingerprint density at radius 1 is 1.11 bits per heavy atom. The van der Waals surface area contributed by atoms with Crippen molar-refractivity contribution >= 4 is 5.91 Å².